The minimum atomic E-state index is -0.814. The van der Waals surface area contributed by atoms with Gasteiger partial charge in [-0.2, -0.15) is 0 Å². The summed E-state index contributed by atoms with van der Waals surface area (Å²) < 4.78 is 11.1. The molecule has 0 bridgehead atoms. The number of ether oxygens (including phenoxy) is 2. The number of esters is 1. The molecule has 0 saturated carbocycles. The number of thioether (sulfide) groups is 2. The van der Waals surface area contributed by atoms with E-state index in [-0.39, 0.29) is 31.7 Å². The summed E-state index contributed by atoms with van der Waals surface area (Å²) >= 11 is 27.5. The van der Waals surface area contributed by atoms with Gasteiger partial charge >= 0.3 is 5.97 Å². The fraction of sp³-hybridized carbons (Fsp3) is 0.250. The van der Waals surface area contributed by atoms with Crippen LogP contribution in [0, 0.1) is 0 Å². The maximum absolute atomic E-state index is 12.5. The number of rotatable bonds is 4. The third kappa shape index (κ3) is 4.16. The fourth-order valence-electron chi connectivity index (χ4n) is 2.24. The second kappa shape index (κ2) is 8.67. The van der Waals surface area contributed by atoms with Crippen molar-refractivity contribution in [1.29, 1.82) is 0 Å². The third-order valence-corrected chi connectivity index (χ3v) is 8.24. The maximum atomic E-state index is 12.5. The molecular formula is C16H11Cl4NO3S2. The average molecular weight is 471 g/mol. The number of benzene rings is 1. The smallest absolute Gasteiger partial charge is 0.364 e. The van der Waals surface area contributed by atoms with Gasteiger partial charge in [0.15, 0.2) is 17.2 Å². The van der Waals surface area contributed by atoms with E-state index in [1.54, 1.807) is 6.07 Å². The van der Waals surface area contributed by atoms with Crippen molar-refractivity contribution in [3.63, 3.8) is 0 Å². The Hall–Kier alpha value is -0.500. The molecule has 0 unspecified atom stereocenters. The first kappa shape index (κ1) is 20.2. The van der Waals surface area contributed by atoms with Crippen molar-refractivity contribution in [2.24, 2.45) is 0 Å². The van der Waals surface area contributed by atoms with Crippen LogP contribution in [0.1, 0.15) is 20.6 Å². The van der Waals surface area contributed by atoms with Crippen LogP contribution in [0.4, 0.5) is 0 Å². The van der Waals surface area contributed by atoms with E-state index in [4.69, 9.17) is 55.9 Å². The SMILES string of the molecule is COc1cc(C2SCCS2)ccc1OC(=O)c1nc(Cl)c(Cl)c(Cl)c1Cl. The lowest BCUT2D eigenvalue weighted by molar-refractivity contribution is 0.0723. The lowest BCUT2D eigenvalue weighted by Gasteiger charge is -2.14. The maximum Gasteiger partial charge on any atom is 0.364 e. The summed E-state index contributed by atoms with van der Waals surface area (Å²) in [5.74, 6) is 2.08. The van der Waals surface area contributed by atoms with Crippen molar-refractivity contribution in [3.05, 3.63) is 49.7 Å². The Kier molecular flexibility index (Phi) is 6.75. The largest absolute Gasteiger partial charge is 0.493 e. The minimum absolute atomic E-state index is 0.0246. The van der Waals surface area contributed by atoms with Gasteiger partial charge in [-0.1, -0.05) is 52.5 Å². The molecule has 1 aromatic heterocycles. The molecule has 1 aliphatic rings. The van der Waals surface area contributed by atoms with E-state index < -0.39 is 5.97 Å². The van der Waals surface area contributed by atoms with Gasteiger partial charge in [-0.25, -0.2) is 9.78 Å². The highest BCUT2D eigenvalue weighted by atomic mass is 35.5. The molecule has 4 nitrogen and oxygen atoms in total. The van der Waals surface area contributed by atoms with E-state index >= 15 is 0 Å². The zero-order chi connectivity index (χ0) is 18.8. The molecule has 2 aromatic rings. The highest BCUT2D eigenvalue weighted by Crippen LogP contribution is 2.47. The van der Waals surface area contributed by atoms with E-state index in [0.717, 1.165) is 17.1 Å². The fourth-order valence-corrected chi connectivity index (χ4v) is 5.88. The summed E-state index contributed by atoms with van der Waals surface area (Å²) in [5.41, 5.74) is 0.877. The van der Waals surface area contributed by atoms with Gasteiger partial charge < -0.3 is 9.47 Å². The molecule has 1 aromatic carbocycles. The second-order valence-corrected chi connectivity index (χ2v) is 9.28. The summed E-state index contributed by atoms with van der Waals surface area (Å²) in [5, 5.41) is -0.340. The molecule has 0 N–H and O–H groups in total. The van der Waals surface area contributed by atoms with Crippen molar-refractivity contribution in [2.45, 2.75) is 4.58 Å². The molecule has 1 fully saturated rings. The van der Waals surface area contributed by atoms with Gasteiger partial charge in [0.25, 0.3) is 0 Å². The Balaban J connectivity index is 1.88. The quantitative estimate of drug-likeness (QED) is 0.292. The van der Waals surface area contributed by atoms with Gasteiger partial charge in [0, 0.05) is 11.5 Å². The lowest BCUT2D eigenvalue weighted by Crippen LogP contribution is -2.13. The number of methoxy groups -OCH3 is 1. The summed E-state index contributed by atoms with van der Waals surface area (Å²) in [6, 6.07) is 5.44. The van der Waals surface area contributed by atoms with Gasteiger partial charge in [0.1, 0.15) is 5.15 Å². The van der Waals surface area contributed by atoms with Gasteiger partial charge in [0.2, 0.25) is 0 Å². The van der Waals surface area contributed by atoms with E-state index in [2.05, 4.69) is 4.98 Å². The number of carbonyl (C=O) groups excluding carboxylic acids is 1. The zero-order valence-corrected chi connectivity index (χ0v) is 17.9. The van der Waals surface area contributed by atoms with Crippen LogP contribution in [0.2, 0.25) is 20.2 Å². The van der Waals surface area contributed by atoms with Crippen LogP contribution in [-0.2, 0) is 0 Å². The van der Waals surface area contributed by atoms with E-state index in [1.807, 2.05) is 35.7 Å². The topological polar surface area (TPSA) is 48.4 Å². The van der Waals surface area contributed by atoms with E-state index in [0.29, 0.717) is 10.3 Å². The van der Waals surface area contributed by atoms with E-state index in [9.17, 15) is 4.79 Å². The summed E-state index contributed by atoms with van der Waals surface area (Å²) in [6.07, 6.45) is 0. The normalized spacial score (nSPS) is 14.5. The Morgan fingerprint density at radius 2 is 1.77 bits per heavy atom. The first-order valence-corrected chi connectivity index (χ1v) is 10.9. The molecule has 1 aliphatic heterocycles. The van der Waals surface area contributed by atoms with Crippen LogP contribution in [0.25, 0.3) is 0 Å². The molecule has 0 radical (unpaired) electrons. The molecule has 1 saturated heterocycles. The number of hydrogen-bond donors (Lipinski definition) is 0. The highest BCUT2D eigenvalue weighted by Gasteiger charge is 2.24. The van der Waals surface area contributed by atoms with Gasteiger partial charge in [0.05, 0.1) is 26.8 Å². The molecule has 3 rings (SSSR count). The molecule has 0 amide bonds. The Labute approximate surface area is 178 Å². The number of nitrogens with zero attached hydrogens (tertiary/aromatic N) is 1. The predicted molar refractivity (Wildman–Crippen MR) is 110 cm³/mol. The first-order valence-electron chi connectivity index (χ1n) is 7.25. The molecule has 26 heavy (non-hydrogen) atoms. The van der Waals surface area contributed by atoms with Crippen LogP contribution >= 0.6 is 69.9 Å². The Morgan fingerprint density at radius 3 is 2.42 bits per heavy atom. The standard InChI is InChI=1S/C16H11Cl4NO3S2/c1-23-9-6-7(16-25-4-5-26-16)2-3-8(9)24-15(22)13-11(18)10(17)12(19)14(20)21-13/h2-3,6,16H,4-5H2,1H3. The monoisotopic (exact) mass is 469 g/mol. The van der Waals surface area contributed by atoms with Crippen LogP contribution in [-0.4, -0.2) is 29.6 Å². The third-order valence-electron chi connectivity index (χ3n) is 3.46. The molecule has 0 spiro atoms. The molecule has 0 aliphatic carbocycles. The number of halogens is 4. The number of hydrogen-bond acceptors (Lipinski definition) is 6. The molecule has 2 heterocycles. The molecule has 138 valence electrons. The summed E-state index contributed by atoms with van der Waals surface area (Å²) in [7, 11) is 1.51. The van der Waals surface area contributed by atoms with Crippen LogP contribution in [0.5, 0.6) is 11.5 Å². The van der Waals surface area contributed by atoms with Crippen molar-refractivity contribution in [3.8, 4) is 11.5 Å². The number of pyridine rings is 1. The average Bonchev–Trinajstić information content (AvgIpc) is 3.17. The highest BCUT2D eigenvalue weighted by molar-refractivity contribution is 8.19. The second-order valence-electron chi connectivity index (χ2n) is 5.07. The predicted octanol–water partition coefficient (Wildman–Crippen LogP) is 6.40. The zero-order valence-electron chi connectivity index (χ0n) is 13.2. The minimum Gasteiger partial charge on any atom is -0.493 e. The Morgan fingerprint density at radius 1 is 1.08 bits per heavy atom. The van der Waals surface area contributed by atoms with Crippen molar-refractivity contribution in [1.82, 2.24) is 4.98 Å². The van der Waals surface area contributed by atoms with Gasteiger partial charge in [-0.3, -0.25) is 0 Å². The summed E-state index contributed by atoms with van der Waals surface area (Å²) in [4.78, 5) is 16.3. The van der Waals surface area contributed by atoms with E-state index in [1.165, 1.54) is 7.11 Å². The molecule has 0 atom stereocenters. The molecular weight excluding hydrogens is 460 g/mol. The Bertz CT molecular complexity index is 860. The van der Waals surface area contributed by atoms with Crippen molar-refractivity contribution < 1.29 is 14.3 Å². The van der Waals surface area contributed by atoms with Crippen LogP contribution in [0.15, 0.2) is 18.2 Å². The van der Waals surface area contributed by atoms with Crippen LogP contribution in [0.3, 0.4) is 0 Å². The summed E-state index contributed by atoms with van der Waals surface area (Å²) in [6.45, 7) is 0. The van der Waals surface area contributed by atoms with Gasteiger partial charge in [-0.15, -0.1) is 23.5 Å². The number of carbonyl (C=O) groups is 1. The van der Waals surface area contributed by atoms with Crippen molar-refractivity contribution in [2.75, 3.05) is 18.6 Å². The lowest BCUT2D eigenvalue weighted by atomic mass is 10.2. The molecule has 10 heteroatoms. The van der Waals surface area contributed by atoms with Crippen molar-refractivity contribution >= 4 is 75.9 Å². The first-order chi connectivity index (χ1) is 12.4. The number of aromatic nitrogens is 1. The van der Waals surface area contributed by atoms with Crippen LogP contribution < -0.4 is 9.47 Å². The van der Waals surface area contributed by atoms with Gasteiger partial charge in [-0.05, 0) is 17.7 Å².